The second kappa shape index (κ2) is 9.68. The number of rotatable bonds is 5. The predicted molar refractivity (Wildman–Crippen MR) is 143 cm³/mol. The Labute approximate surface area is 203 Å². The average molecular weight is 551 g/mol. The van der Waals surface area contributed by atoms with Crippen LogP contribution in [0, 0.1) is 0 Å². The van der Waals surface area contributed by atoms with E-state index in [0.29, 0.717) is 3.63 Å². The van der Waals surface area contributed by atoms with Crippen LogP contribution in [0.3, 0.4) is 0 Å². The molecular formula is C27H36Cl2SiZr. The van der Waals surface area contributed by atoms with E-state index in [0.717, 1.165) is 0 Å². The van der Waals surface area contributed by atoms with E-state index in [1.54, 1.807) is 22.3 Å². The van der Waals surface area contributed by atoms with Crippen LogP contribution in [0.5, 0.6) is 0 Å². The van der Waals surface area contributed by atoms with Crippen molar-refractivity contribution in [3.8, 4) is 11.1 Å². The molecule has 31 heavy (non-hydrogen) atoms. The molecule has 0 spiro atoms. The van der Waals surface area contributed by atoms with Gasteiger partial charge in [0.25, 0.3) is 0 Å². The van der Waals surface area contributed by atoms with Gasteiger partial charge in [-0.15, -0.1) is 24.8 Å². The van der Waals surface area contributed by atoms with Crippen LogP contribution in [-0.4, -0.2) is 6.88 Å². The molecular weight excluding hydrogens is 515 g/mol. The minimum absolute atomic E-state index is 0. The van der Waals surface area contributed by atoms with Crippen molar-refractivity contribution in [2.24, 2.45) is 0 Å². The quantitative estimate of drug-likeness (QED) is 0.328. The maximum Gasteiger partial charge on any atom is -0.147 e. The standard InChI is InChI=1S/C16H13.C9H13.2CH3.2ClH.H2Si.Zr/c1-12-10-14-8-5-9-15(16(14)11-12)13-6-3-2-4-7-13;1-3-8-6-5-7-9(8)4-2;;;;;;/h2-11H,1H3;6H,3-4,7H2,1-2H3;2*1H3;2*1H;1H2;. The SMILES string of the molecule is CCC1=C(CC)C[C]([Zr]([CH3])([CH3])(=[SiH2])[CH]2C(C)=Cc3c(-c4ccccc4)cccc32)=C1.Cl.Cl. The van der Waals surface area contributed by atoms with Crippen molar-refractivity contribution < 1.29 is 17.4 Å². The third kappa shape index (κ3) is 4.56. The molecule has 1 unspecified atom stereocenters. The minimum Gasteiger partial charge on any atom is -0.147 e. The van der Waals surface area contributed by atoms with Gasteiger partial charge in [-0.05, 0) is 0 Å². The molecule has 0 amide bonds. The van der Waals surface area contributed by atoms with Gasteiger partial charge in [-0.2, -0.15) is 0 Å². The Morgan fingerprint density at radius 3 is 2.16 bits per heavy atom. The Bertz CT molecular complexity index is 1130. The molecule has 2 aromatic carbocycles. The fourth-order valence-electron chi connectivity index (χ4n) is 5.77. The van der Waals surface area contributed by atoms with E-state index in [1.165, 1.54) is 36.0 Å². The van der Waals surface area contributed by atoms with Crippen LogP contribution in [0.2, 0.25) is 9.26 Å². The van der Waals surface area contributed by atoms with Gasteiger partial charge in [0.1, 0.15) is 0 Å². The molecule has 0 aromatic heterocycles. The summed E-state index contributed by atoms with van der Waals surface area (Å²) < 4.78 is 7.83. The van der Waals surface area contributed by atoms with Gasteiger partial charge >= 0.3 is 180 Å². The van der Waals surface area contributed by atoms with Crippen LogP contribution in [0.15, 0.2) is 74.6 Å². The van der Waals surface area contributed by atoms with Crippen molar-refractivity contribution in [3.05, 3.63) is 85.7 Å². The zero-order valence-electron chi connectivity index (χ0n) is 19.5. The smallest absolute Gasteiger partial charge is 0.147 e. The molecule has 166 valence electrons. The third-order valence-corrected chi connectivity index (χ3v) is 24.9. The van der Waals surface area contributed by atoms with E-state index in [1.807, 2.05) is 3.28 Å². The number of fused-ring (bicyclic) bond motifs is 1. The fraction of sp³-hybridized carbons (Fsp3) is 0.333. The zero-order valence-corrected chi connectivity index (χ0v) is 25.0. The van der Waals surface area contributed by atoms with Crippen molar-refractivity contribution in [1.29, 1.82) is 0 Å². The Morgan fingerprint density at radius 1 is 0.903 bits per heavy atom. The first kappa shape index (κ1) is 26.6. The van der Waals surface area contributed by atoms with Crippen LogP contribution < -0.4 is 0 Å². The Hall–Kier alpha value is -0.660. The van der Waals surface area contributed by atoms with Crippen LogP contribution in [0.4, 0.5) is 0 Å². The van der Waals surface area contributed by atoms with E-state index in [-0.39, 0.29) is 24.8 Å². The molecule has 0 bridgehead atoms. The zero-order chi connectivity index (χ0) is 20.8. The number of benzene rings is 2. The van der Waals surface area contributed by atoms with Gasteiger partial charge in [0.2, 0.25) is 0 Å². The molecule has 0 heterocycles. The summed E-state index contributed by atoms with van der Waals surface area (Å²) >= 11 is -3.19. The van der Waals surface area contributed by atoms with Gasteiger partial charge in [0, 0.05) is 0 Å². The topological polar surface area (TPSA) is 0 Å². The molecule has 4 heteroatoms. The summed E-state index contributed by atoms with van der Waals surface area (Å²) in [5.41, 5.74) is 10.7. The molecule has 0 nitrogen and oxygen atoms in total. The van der Waals surface area contributed by atoms with Crippen LogP contribution in [-0.2, 0) is 17.4 Å². The van der Waals surface area contributed by atoms with E-state index in [9.17, 15) is 0 Å². The molecule has 0 radical (unpaired) electrons. The van der Waals surface area contributed by atoms with Gasteiger partial charge in [-0.3, -0.25) is 0 Å². The summed E-state index contributed by atoms with van der Waals surface area (Å²) in [5.74, 6) is 0. The van der Waals surface area contributed by atoms with E-state index in [4.69, 9.17) is 0 Å². The summed E-state index contributed by atoms with van der Waals surface area (Å²) in [6.45, 7) is 9.45. The maximum absolute atomic E-state index is 3.19. The van der Waals surface area contributed by atoms with Gasteiger partial charge in [-0.25, -0.2) is 0 Å². The monoisotopic (exact) mass is 548 g/mol. The number of hydrogen-bond donors (Lipinski definition) is 0. The average Bonchev–Trinajstić information content (AvgIpc) is 3.29. The first-order valence-corrected chi connectivity index (χ1v) is 24.6. The summed E-state index contributed by atoms with van der Waals surface area (Å²) in [5, 5.41) is 0. The molecule has 0 N–H and O–H groups in total. The van der Waals surface area contributed by atoms with Crippen LogP contribution in [0.25, 0.3) is 17.2 Å². The van der Waals surface area contributed by atoms with Crippen molar-refractivity contribution in [1.82, 2.24) is 0 Å². The largest absolute Gasteiger partial charge is 0.147 e. The van der Waals surface area contributed by atoms with E-state index in [2.05, 4.69) is 97.6 Å². The summed E-state index contributed by atoms with van der Waals surface area (Å²) in [6.07, 6.45) is 8.74. The summed E-state index contributed by atoms with van der Waals surface area (Å²) in [6, 6.07) is 17.9. The number of halogens is 2. The second-order valence-electron chi connectivity index (χ2n) is 9.99. The molecule has 2 aliphatic rings. The van der Waals surface area contributed by atoms with Crippen molar-refractivity contribution >= 4 is 37.8 Å². The second-order valence-corrected chi connectivity index (χ2v) is 39.7. The molecule has 0 saturated carbocycles. The van der Waals surface area contributed by atoms with Crippen molar-refractivity contribution in [3.63, 3.8) is 0 Å². The van der Waals surface area contributed by atoms with E-state index >= 15 is 0 Å². The molecule has 1 atom stereocenters. The first-order chi connectivity index (χ1) is 13.7. The van der Waals surface area contributed by atoms with Crippen LogP contribution >= 0.6 is 24.8 Å². The third-order valence-electron chi connectivity index (χ3n) is 7.36. The molecule has 0 fully saturated rings. The van der Waals surface area contributed by atoms with Gasteiger partial charge in [0.15, 0.2) is 0 Å². The molecule has 0 saturated heterocycles. The van der Waals surface area contributed by atoms with E-state index < -0.39 is 17.4 Å². The summed E-state index contributed by atoms with van der Waals surface area (Å²) in [7, 11) is 0. The Kier molecular flexibility index (Phi) is 8.30. The molecule has 2 aliphatic carbocycles. The predicted octanol–water partition coefficient (Wildman–Crippen LogP) is 8.39. The van der Waals surface area contributed by atoms with Crippen LogP contribution in [0.1, 0.15) is 54.8 Å². The van der Waals surface area contributed by atoms with Crippen molar-refractivity contribution in [2.45, 2.75) is 52.9 Å². The fourth-order valence-corrected chi connectivity index (χ4v) is 21.6. The number of hydrogen-bond acceptors (Lipinski definition) is 0. The molecule has 0 aliphatic heterocycles. The molecule has 2 aromatic rings. The van der Waals surface area contributed by atoms with Crippen molar-refractivity contribution in [2.75, 3.05) is 0 Å². The Balaban J connectivity index is 0.00000171. The van der Waals surface area contributed by atoms with Gasteiger partial charge in [-0.1, -0.05) is 0 Å². The molecule has 4 rings (SSSR count). The summed E-state index contributed by atoms with van der Waals surface area (Å²) in [4.78, 5) is 0. The Morgan fingerprint density at radius 2 is 1.58 bits per heavy atom. The first-order valence-electron chi connectivity index (χ1n) is 11.1. The minimum atomic E-state index is -3.19. The maximum atomic E-state index is 2.70. The number of allylic oxidation sites excluding steroid dienone is 5. The van der Waals surface area contributed by atoms with Gasteiger partial charge in [0.05, 0.1) is 0 Å². The normalized spacial score (nSPS) is 18.1. The van der Waals surface area contributed by atoms with Gasteiger partial charge < -0.3 is 0 Å².